The van der Waals surface area contributed by atoms with E-state index < -0.39 is 6.04 Å². The molecular weight excluding hydrogens is 194 g/mol. The summed E-state index contributed by atoms with van der Waals surface area (Å²) in [6.45, 7) is 7.48. The monoisotopic (exact) mass is 215 g/mol. The number of hydrogen-bond donors (Lipinski definition) is 1. The quantitative estimate of drug-likeness (QED) is 0.704. The summed E-state index contributed by atoms with van der Waals surface area (Å²) in [5.74, 6) is -0.537. The fraction of sp³-hybridized carbons (Fsp3) is 0.818. The Morgan fingerprint density at radius 1 is 1.27 bits per heavy atom. The van der Waals surface area contributed by atoms with Gasteiger partial charge in [0, 0.05) is 5.92 Å². The molecule has 2 atom stereocenters. The minimum atomic E-state index is -0.533. The molecule has 0 fully saturated rings. The standard InChI is InChI=1S/C11H21NO3/c1-6-8(4)9(11(14)15-5)12-10(13)7(2)3/h7-9H,6H2,1-5H3,(H,12,13)/t8-,9-/m0/s1. The Labute approximate surface area is 91.4 Å². The molecule has 15 heavy (non-hydrogen) atoms. The van der Waals surface area contributed by atoms with E-state index in [1.807, 2.05) is 13.8 Å². The van der Waals surface area contributed by atoms with Crippen LogP contribution in [-0.4, -0.2) is 25.0 Å². The molecule has 0 aromatic carbocycles. The molecule has 0 aliphatic carbocycles. The maximum atomic E-state index is 11.5. The van der Waals surface area contributed by atoms with Crippen LogP contribution in [0.1, 0.15) is 34.1 Å². The lowest BCUT2D eigenvalue weighted by molar-refractivity contribution is -0.147. The topological polar surface area (TPSA) is 55.4 Å². The first-order chi connectivity index (χ1) is 6.93. The Morgan fingerprint density at radius 3 is 2.13 bits per heavy atom. The van der Waals surface area contributed by atoms with Crippen molar-refractivity contribution < 1.29 is 14.3 Å². The zero-order chi connectivity index (χ0) is 12.0. The van der Waals surface area contributed by atoms with Crippen LogP contribution in [0.5, 0.6) is 0 Å². The third kappa shape index (κ3) is 4.32. The van der Waals surface area contributed by atoms with Gasteiger partial charge in [-0.05, 0) is 5.92 Å². The third-order valence-electron chi connectivity index (χ3n) is 2.49. The van der Waals surface area contributed by atoms with E-state index in [0.29, 0.717) is 0 Å². The van der Waals surface area contributed by atoms with Gasteiger partial charge in [-0.25, -0.2) is 4.79 Å². The second-order valence-electron chi connectivity index (χ2n) is 4.05. The minimum absolute atomic E-state index is 0.0835. The highest BCUT2D eigenvalue weighted by atomic mass is 16.5. The number of rotatable bonds is 5. The van der Waals surface area contributed by atoms with Gasteiger partial charge in [0.1, 0.15) is 6.04 Å². The van der Waals surface area contributed by atoms with E-state index in [2.05, 4.69) is 10.1 Å². The molecule has 0 radical (unpaired) electrons. The van der Waals surface area contributed by atoms with Gasteiger partial charge in [-0.3, -0.25) is 4.79 Å². The first kappa shape index (κ1) is 13.9. The van der Waals surface area contributed by atoms with Crippen LogP contribution in [-0.2, 0) is 14.3 Å². The molecule has 1 N–H and O–H groups in total. The molecule has 4 nitrogen and oxygen atoms in total. The molecule has 0 aliphatic rings. The number of nitrogens with one attached hydrogen (secondary N) is 1. The smallest absolute Gasteiger partial charge is 0.328 e. The highest BCUT2D eigenvalue weighted by Gasteiger charge is 2.27. The summed E-state index contributed by atoms with van der Waals surface area (Å²) >= 11 is 0. The number of carbonyl (C=O) groups is 2. The number of ether oxygens (including phenoxy) is 1. The van der Waals surface area contributed by atoms with Gasteiger partial charge in [0.15, 0.2) is 0 Å². The molecule has 4 heteroatoms. The third-order valence-corrected chi connectivity index (χ3v) is 2.49. The molecule has 0 aromatic heterocycles. The molecule has 0 aliphatic heterocycles. The van der Waals surface area contributed by atoms with Crippen molar-refractivity contribution in [3.63, 3.8) is 0 Å². The highest BCUT2D eigenvalue weighted by molar-refractivity contribution is 5.85. The van der Waals surface area contributed by atoms with Crippen LogP contribution in [0.4, 0.5) is 0 Å². The molecule has 88 valence electrons. The number of hydrogen-bond acceptors (Lipinski definition) is 3. The van der Waals surface area contributed by atoms with Gasteiger partial charge in [-0.15, -0.1) is 0 Å². The first-order valence-electron chi connectivity index (χ1n) is 5.32. The van der Waals surface area contributed by atoms with Crippen molar-refractivity contribution in [3.8, 4) is 0 Å². The summed E-state index contributed by atoms with van der Waals surface area (Å²) in [6, 6.07) is -0.533. The van der Waals surface area contributed by atoms with E-state index >= 15 is 0 Å². The molecule has 0 spiro atoms. The van der Waals surface area contributed by atoms with E-state index in [0.717, 1.165) is 6.42 Å². The number of methoxy groups -OCH3 is 1. The van der Waals surface area contributed by atoms with E-state index in [9.17, 15) is 9.59 Å². The SMILES string of the molecule is CC[C@H](C)[C@H](NC(=O)C(C)C)C(=O)OC. The van der Waals surface area contributed by atoms with Crippen molar-refractivity contribution in [2.24, 2.45) is 11.8 Å². The van der Waals surface area contributed by atoms with Crippen LogP contribution < -0.4 is 5.32 Å². The molecule has 0 unspecified atom stereocenters. The lowest BCUT2D eigenvalue weighted by atomic mass is 9.98. The average molecular weight is 215 g/mol. The van der Waals surface area contributed by atoms with Gasteiger partial charge in [-0.2, -0.15) is 0 Å². The summed E-state index contributed by atoms with van der Waals surface area (Å²) in [6.07, 6.45) is 0.818. The Kier molecular flexibility index (Phi) is 5.97. The molecule has 0 rings (SSSR count). The van der Waals surface area contributed by atoms with Crippen LogP contribution in [0.3, 0.4) is 0 Å². The number of esters is 1. The van der Waals surface area contributed by atoms with Crippen molar-refractivity contribution in [1.82, 2.24) is 5.32 Å². The van der Waals surface area contributed by atoms with Crippen LogP contribution in [0.2, 0.25) is 0 Å². The number of carbonyl (C=O) groups excluding carboxylic acids is 2. The largest absolute Gasteiger partial charge is 0.467 e. The highest BCUT2D eigenvalue weighted by Crippen LogP contribution is 2.10. The molecule has 0 bridgehead atoms. The summed E-state index contributed by atoms with van der Waals surface area (Å²) in [4.78, 5) is 22.9. The Morgan fingerprint density at radius 2 is 1.80 bits per heavy atom. The fourth-order valence-electron chi connectivity index (χ4n) is 1.12. The molecule has 0 aromatic rings. The second kappa shape index (κ2) is 6.43. The van der Waals surface area contributed by atoms with Crippen molar-refractivity contribution in [2.45, 2.75) is 40.2 Å². The number of amides is 1. The van der Waals surface area contributed by atoms with Gasteiger partial charge < -0.3 is 10.1 Å². The van der Waals surface area contributed by atoms with Crippen molar-refractivity contribution in [3.05, 3.63) is 0 Å². The Bertz CT molecular complexity index is 226. The van der Waals surface area contributed by atoms with Gasteiger partial charge in [-0.1, -0.05) is 34.1 Å². The molecule has 0 saturated heterocycles. The van der Waals surface area contributed by atoms with Crippen LogP contribution in [0, 0.1) is 11.8 Å². The minimum Gasteiger partial charge on any atom is -0.467 e. The summed E-state index contributed by atoms with van der Waals surface area (Å²) < 4.78 is 4.66. The van der Waals surface area contributed by atoms with E-state index in [-0.39, 0.29) is 23.7 Å². The van der Waals surface area contributed by atoms with Crippen LogP contribution in [0.15, 0.2) is 0 Å². The summed E-state index contributed by atoms with van der Waals surface area (Å²) in [5, 5.41) is 2.70. The van der Waals surface area contributed by atoms with E-state index in [4.69, 9.17) is 0 Å². The van der Waals surface area contributed by atoms with Gasteiger partial charge in [0.25, 0.3) is 0 Å². The Hall–Kier alpha value is -1.06. The normalized spacial score (nSPS) is 14.5. The molecule has 1 amide bonds. The molecular formula is C11H21NO3. The first-order valence-corrected chi connectivity index (χ1v) is 5.32. The predicted octanol–water partition coefficient (Wildman–Crippen LogP) is 1.35. The average Bonchev–Trinajstić information content (AvgIpc) is 2.23. The lowest BCUT2D eigenvalue weighted by Gasteiger charge is -2.22. The van der Waals surface area contributed by atoms with Crippen molar-refractivity contribution in [2.75, 3.05) is 7.11 Å². The summed E-state index contributed by atoms with van der Waals surface area (Å²) in [7, 11) is 1.33. The second-order valence-corrected chi connectivity index (χ2v) is 4.05. The van der Waals surface area contributed by atoms with Crippen molar-refractivity contribution >= 4 is 11.9 Å². The molecule has 0 heterocycles. The van der Waals surface area contributed by atoms with E-state index in [1.165, 1.54) is 7.11 Å². The zero-order valence-electron chi connectivity index (χ0n) is 10.2. The van der Waals surface area contributed by atoms with Crippen molar-refractivity contribution in [1.29, 1.82) is 0 Å². The van der Waals surface area contributed by atoms with Gasteiger partial charge in [0.2, 0.25) is 5.91 Å². The maximum absolute atomic E-state index is 11.5. The zero-order valence-corrected chi connectivity index (χ0v) is 10.2. The van der Waals surface area contributed by atoms with Crippen LogP contribution >= 0.6 is 0 Å². The van der Waals surface area contributed by atoms with Gasteiger partial charge in [0.05, 0.1) is 7.11 Å². The van der Waals surface area contributed by atoms with Crippen LogP contribution in [0.25, 0.3) is 0 Å². The summed E-state index contributed by atoms with van der Waals surface area (Å²) in [5.41, 5.74) is 0. The lowest BCUT2D eigenvalue weighted by Crippen LogP contribution is -2.47. The van der Waals surface area contributed by atoms with E-state index in [1.54, 1.807) is 13.8 Å². The Balaban J connectivity index is 4.51. The predicted molar refractivity (Wildman–Crippen MR) is 58.2 cm³/mol. The van der Waals surface area contributed by atoms with Gasteiger partial charge >= 0.3 is 5.97 Å². The maximum Gasteiger partial charge on any atom is 0.328 e. The molecule has 0 saturated carbocycles. The fourth-order valence-corrected chi connectivity index (χ4v) is 1.12.